The molecule has 1 atom stereocenters. The number of likely N-dealkylation sites (N-methyl/N-ethyl adjacent to an activating group) is 1. The van der Waals surface area contributed by atoms with Crippen molar-refractivity contribution in [3.63, 3.8) is 0 Å². The van der Waals surface area contributed by atoms with E-state index in [1.807, 2.05) is 12.1 Å². The van der Waals surface area contributed by atoms with Crippen molar-refractivity contribution in [1.29, 1.82) is 0 Å². The lowest BCUT2D eigenvalue weighted by Gasteiger charge is -2.23. The molecule has 2 nitrogen and oxygen atoms in total. The number of nitrogens with zero attached hydrogens (tertiary/aromatic N) is 1. The normalized spacial score (nSPS) is 13.0. The molecule has 0 fully saturated rings. The van der Waals surface area contributed by atoms with Gasteiger partial charge in [0, 0.05) is 19.1 Å². The lowest BCUT2D eigenvalue weighted by molar-refractivity contribution is 0.270. The molecule has 1 aromatic rings. The number of halogens is 1. The number of rotatable bonds is 7. The molecule has 0 saturated carbocycles. The molecule has 0 spiro atoms. The fraction of sp³-hybridized carbons (Fsp3) is 0.571. The zero-order valence-electron chi connectivity index (χ0n) is 11.0. The van der Waals surface area contributed by atoms with Gasteiger partial charge < -0.3 is 10.2 Å². The van der Waals surface area contributed by atoms with Crippen LogP contribution in [0.3, 0.4) is 0 Å². The third-order valence-corrected chi connectivity index (χ3v) is 2.99. The first-order chi connectivity index (χ1) is 8.15. The molecule has 3 heteroatoms. The fourth-order valence-electron chi connectivity index (χ4n) is 1.83. The topological polar surface area (TPSA) is 15.3 Å². The largest absolute Gasteiger partial charge is 0.309 e. The molecule has 0 radical (unpaired) electrons. The van der Waals surface area contributed by atoms with Crippen molar-refractivity contribution in [3.05, 3.63) is 35.6 Å². The highest BCUT2D eigenvalue weighted by Gasteiger charge is 2.06. The monoisotopic (exact) mass is 238 g/mol. The van der Waals surface area contributed by atoms with Crippen LogP contribution in [0.1, 0.15) is 26.3 Å². The van der Waals surface area contributed by atoms with Gasteiger partial charge in [0.15, 0.2) is 0 Å². The third kappa shape index (κ3) is 5.29. The van der Waals surface area contributed by atoms with E-state index in [9.17, 15) is 4.39 Å². The van der Waals surface area contributed by atoms with E-state index in [1.54, 1.807) is 0 Å². The third-order valence-electron chi connectivity index (χ3n) is 2.99. The zero-order chi connectivity index (χ0) is 12.7. The number of nitrogens with one attached hydrogen (secondary N) is 1. The molecule has 0 aliphatic rings. The number of benzene rings is 1. The van der Waals surface area contributed by atoms with Crippen molar-refractivity contribution in [3.8, 4) is 0 Å². The van der Waals surface area contributed by atoms with E-state index in [4.69, 9.17) is 0 Å². The van der Waals surface area contributed by atoms with E-state index in [-0.39, 0.29) is 5.82 Å². The highest BCUT2D eigenvalue weighted by molar-refractivity contribution is 5.15. The van der Waals surface area contributed by atoms with Crippen molar-refractivity contribution in [2.75, 3.05) is 19.6 Å². The predicted molar refractivity (Wildman–Crippen MR) is 70.5 cm³/mol. The highest BCUT2D eigenvalue weighted by Crippen LogP contribution is 2.03. The minimum Gasteiger partial charge on any atom is -0.309 e. The van der Waals surface area contributed by atoms with Crippen LogP contribution in [-0.4, -0.2) is 30.6 Å². The maximum Gasteiger partial charge on any atom is 0.123 e. The summed E-state index contributed by atoms with van der Waals surface area (Å²) in [6.07, 6.45) is 0. The van der Waals surface area contributed by atoms with Crippen LogP contribution >= 0.6 is 0 Å². The van der Waals surface area contributed by atoms with E-state index in [0.29, 0.717) is 6.04 Å². The summed E-state index contributed by atoms with van der Waals surface area (Å²) in [5.74, 6) is -0.176. The van der Waals surface area contributed by atoms with Crippen LogP contribution in [0.2, 0.25) is 0 Å². The Balaban J connectivity index is 2.32. The Kier molecular flexibility index (Phi) is 6.16. The first-order valence-corrected chi connectivity index (χ1v) is 6.35. The van der Waals surface area contributed by atoms with Gasteiger partial charge >= 0.3 is 0 Å². The van der Waals surface area contributed by atoms with Crippen LogP contribution < -0.4 is 5.32 Å². The van der Waals surface area contributed by atoms with Gasteiger partial charge in [-0.3, -0.25) is 0 Å². The second-order valence-electron chi connectivity index (χ2n) is 4.39. The first-order valence-electron chi connectivity index (χ1n) is 6.35. The second kappa shape index (κ2) is 7.41. The smallest absolute Gasteiger partial charge is 0.123 e. The van der Waals surface area contributed by atoms with Gasteiger partial charge in [-0.25, -0.2) is 4.39 Å². The molecule has 96 valence electrons. The Morgan fingerprint density at radius 3 is 2.29 bits per heavy atom. The predicted octanol–water partition coefficient (Wildman–Crippen LogP) is 2.65. The van der Waals surface area contributed by atoms with Crippen LogP contribution in [0.15, 0.2) is 24.3 Å². The second-order valence-corrected chi connectivity index (χ2v) is 4.39. The highest BCUT2D eigenvalue weighted by atomic mass is 19.1. The molecule has 0 aliphatic heterocycles. The van der Waals surface area contributed by atoms with Crippen LogP contribution in [0.25, 0.3) is 0 Å². The van der Waals surface area contributed by atoms with Crippen molar-refractivity contribution in [1.82, 2.24) is 10.2 Å². The summed E-state index contributed by atoms with van der Waals surface area (Å²) in [5, 5.41) is 3.45. The molecule has 1 N–H and O–H groups in total. The van der Waals surface area contributed by atoms with Gasteiger partial charge in [-0.2, -0.15) is 0 Å². The van der Waals surface area contributed by atoms with Gasteiger partial charge in [0.05, 0.1) is 0 Å². The van der Waals surface area contributed by atoms with Crippen LogP contribution in [0.4, 0.5) is 4.39 Å². The van der Waals surface area contributed by atoms with Gasteiger partial charge in [-0.15, -0.1) is 0 Å². The molecule has 1 rings (SSSR count). The average molecular weight is 238 g/mol. The van der Waals surface area contributed by atoms with Gasteiger partial charge in [-0.1, -0.05) is 26.0 Å². The standard InChI is InChI=1S/C14H23FN2/c1-4-17(5-2)11-12(3)16-10-13-6-8-14(15)9-7-13/h6-9,12,16H,4-5,10-11H2,1-3H3. The Bertz CT molecular complexity index is 307. The Morgan fingerprint density at radius 1 is 1.18 bits per heavy atom. The van der Waals surface area contributed by atoms with Crippen molar-refractivity contribution < 1.29 is 4.39 Å². The van der Waals surface area contributed by atoms with E-state index in [0.717, 1.165) is 31.7 Å². The summed E-state index contributed by atoms with van der Waals surface area (Å²) in [4.78, 5) is 2.39. The van der Waals surface area contributed by atoms with Gasteiger partial charge in [0.2, 0.25) is 0 Å². The molecular formula is C14H23FN2. The minimum atomic E-state index is -0.176. The van der Waals surface area contributed by atoms with Gasteiger partial charge in [0.1, 0.15) is 5.82 Å². The molecule has 1 unspecified atom stereocenters. The van der Waals surface area contributed by atoms with E-state index >= 15 is 0 Å². The molecule has 17 heavy (non-hydrogen) atoms. The summed E-state index contributed by atoms with van der Waals surface area (Å²) in [6, 6.07) is 7.11. The summed E-state index contributed by atoms with van der Waals surface area (Å²) >= 11 is 0. The summed E-state index contributed by atoms with van der Waals surface area (Å²) in [5.41, 5.74) is 1.12. The minimum absolute atomic E-state index is 0.176. The van der Waals surface area contributed by atoms with Gasteiger partial charge in [-0.05, 0) is 37.7 Å². The summed E-state index contributed by atoms with van der Waals surface area (Å²) < 4.78 is 12.7. The quantitative estimate of drug-likeness (QED) is 0.785. The van der Waals surface area contributed by atoms with Crippen LogP contribution in [0.5, 0.6) is 0 Å². The number of hydrogen-bond acceptors (Lipinski definition) is 2. The molecule has 0 bridgehead atoms. The maximum atomic E-state index is 12.7. The van der Waals surface area contributed by atoms with Crippen molar-refractivity contribution in [2.24, 2.45) is 0 Å². The summed E-state index contributed by atoms with van der Waals surface area (Å²) in [6.45, 7) is 10.5. The lowest BCUT2D eigenvalue weighted by Crippen LogP contribution is -2.38. The first kappa shape index (κ1) is 14.1. The summed E-state index contributed by atoms with van der Waals surface area (Å²) in [7, 11) is 0. The van der Waals surface area contributed by atoms with Crippen LogP contribution in [0, 0.1) is 5.82 Å². The SMILES string of the molecule is CCN(CC)CC(C)NCc1ccc(F)cc1. The molecular weight excluding hydrogens is 215 g/mol. The van der Waals surface area contributed by atoms with Crippen molar-refractivity contribution >= 4 is 0 Å². The molecule has 0 saturated heterocycles. The fourth-order valence-corrected chi connectivity index (χ4v) is 1.83. The Hall–Kier alpha value is -0.930. The molecule has 0 heterocycles. The molecule has 1 aromatic carbocycles. The Morgan fingerprint density at radius 2 is 1.76 bits per heavy atom. The van der Waals surface area contributed by atoms with Gasteiger partial charge in [0.25, 0.3) is 0 Å². The number of hydrogen-bond donors (Lipinski definition) is 1. The lowest BCUT2D eigenvalue weighted by atomic mass is 10.2. The Labute approximate surface area is 104 Å². The molecule has 0 amide bonds. The van der Waals surface area contributed by atoms with E-state index in [1.165, 1.54) is 12.1 Å². The zero-order valence-corrected chi connectivity index (χ0v) is 11.0. The average Bonchev–Trinajstić information content (AvgIpc) is 2.35. The molecule has 0 aliphatic carbocycles. The van der Waals surface area contributed by atoms with E-state index < -0.39 is 0 Å². The van der Waals surface area contributed by atoms with E-state index in [2.05, 4.69) is 31.0 Å². The molecule has 0 aromatic heterocycles. The van der Waals surface area contributed by atoms with Crippen molar-refractivity contribution in [2.45, 2.75) is 33.4 Å². The van der Waals surface area contributed by atoms with Crippen LogP contribution in [-0.2, 0) is 6.54 Å². The maximum absolute atomic E-state index is 12.7.